The maximum Gasteiger partial charge on any atom is 0.138 e. The SMILES string of the molecule is CC(C)Oc1ccc(C(C2=CCC(C)(OC(C)C)C=C2)=C(C#N)C#N)cc1. The molecule has 0 bridgehead atoms. The van der Waals surface area contributed by atoms with Gasteiger partial charge >= 0.3 is 0 Å². The second kappa shape index (κ2) is 8.71. The highest BCUT2D eigenvalue weighted by Gasteiger charge is 2.26. The largest absolute Gasteiger partial charge is 0.491 e. The van der Waals surface area contributed by atoms with Gasteiger partial charge in [-0.05, 0) is 64.3 Å². The lowest BCUT2D eigenvalue weighted by atomic mass is 9.86. The quantitative estimate of drug-likeness (QED) is 0.640. The third kappa shape index (κ3) is 5.33. The lowest BCUT2D eigenvalue weighted by molar-refractivity contribution is -0.0337. The van der Waals surface area contributed by atoms with E-state index < -0.39 is 0 Å². The number of benzene rings is 1. The summed E-state index contributed by atoms with van der Waals surface area (Å²) in [6.07, 6.45) is 6.86. The van der Waals surface area contributed by atoms with E-state index in [1.165, 1.54) is 0 Å². The Morgan fingerprint density at radius 2 is 1.67 bits per heavy atom. The molecule has 0 saturated heterocycles. The van der Waals surface area contributed by atoms with Gasteiger partial charge in [-0.3, -0.25) is 0 Å². The Kier molecular flexibility index (Phi) is 6.61. The van der Waals surface area contributed by atoms with Crippen molar-refractivity contribution >= 4 is 5.57 Å². The van der Waals surface area contributed by atoms with Gasteiger partial charge in [0, 0.05) is 5.57 Å². The van der Waals surface area contributed by atoms with Crippen LogP contribution in [0.25, 0.3) is 5.57 Å². The molecule has 0 saturated carbocycles. The molecule has 140 valence electrons. The molecule has 27 heavy (non-hydrogen) atoms. The van der Waals surface area contributed by atoms with E-state index in [-0.39, 0.29) is 23.4 Å². The molecule has 1 aromatic carbocycles. The van der Waals surface area contributed by atoms with Crippen molar-refractivity contribution < 1.29 is 9.47 Å². The Balaban J connectivity index is 2.39. The fourth-order valence-electron chi connectivity index (χ4n) is 3.09. The average Bonchev–Trinajstić information content (AvgIpc) is 2.60. The van der Waals surface area contributed by atoms with Gasteiger partial charge in [0.05, 0.1) is 17.8 Å². The fraction of sp³-hybridized carbons (Fsp3) is 0.391. The first-order valence-corrected chi connectivity index (χ1v) is 9.17. The van der Waals surface area contributed by atoms with Crippen LogP contribution in [0.5, 0.6) is 5.75 Å². The molecule has 0 fully saturated rings. The highest BCUT2D eigenvalue weighted by atomic mass is 16.5. The minimum Gasteiger partial charge on any atom is -0.491 e. The van der Waals surface area contributed by atoms with Crippen molar-refractivity contribution in [2.45, 2.75) is 58.8 Å². The monoisotopic (exact) mass is 362 g/mol. The number of nitriles is 2. The Hall–Kier alpha value is -2.82. The molecular formula is C23H26N2O2. The summed E-state index contributed by atoms with van der Waals surface area (Å²) in [6.45, 7) is 9.99. The van der Waals surface area contributed by atoms with E-state index in [1.807, 2.05) is 89.3 Å². The Bertz CT molecular complexity index is 830. The number of hydrogen-bond donors (Lipinski definition) is 0. The molecule has 0 N–H and O–H groups in total. The molecule has 0 amide bonds. The van der Waals surface area contributed by atoms with Crippen molar-refractivity contribution in [1.29, 1.82) is 10.5 Å². The number of ether oxygens (including phenoxy) is 2. The first-order valence-electron chi connectivity index (χ1n) is 9.17. The summed E-state index contributed by atoms with van der Waals surface area (Å²) in [5.41, 5.74) is 2.02. The molecule has 0 aliphatic heterocycles. The maximum absolute atomic E-state index is 9.45. The van der Waals surface area contributed by atoms with Crippen LogP contribution in [0.4, 0.5) is 0 Å². The highest BCUT2D eigenvalue weighted by Crippen LogP contribution is 2.34. The van der Waals surface area contributed by atoms with Gasteiger partial charge in [0.2, 0.25) is 0 Å². The van der Waals surface area contributed by atoms with E-state index in [0.29, 0.717) is 12.0 Å². The van der Waals surface area contributed by atoms with Crippen LogP contribution in [0.15, 0.2) is 53.6 Å². The Morgan fingerprint density at radius 1 is 1.04 bits per heavy atom. The zero-order valence-electron chi connectivity index (χ0n) is 16.6. The van der Waals surface area contributed by atoms with Crippen LogP contribution in [-0.2, 0) is 4.74 Å². The first-order chi connectivity index (χ1) is 12.8. The van der Waals surface area contributed by atoms with Crippen LogP contribution in [0.2, 0.25) is 0 Å². The van der Waals surface area contributed by atoms with Crippen molar-refractivity contribution in [2.24, 2.45) is 0 Å². The normalized spacial score (nSPS) is 18.6. The highest BCUT2D eigenvalue weighted by molar-refractivity contribution is 5.88. The molecule has 1 unspecified atom stereocenters. The maximum atomic E-state index is 9.45. The smallest absolute Gasteiger partial charge is 0.138 e. The van der Waals surface area contributed by atoms with Gasteiger partial charge in [0.1, 0.15) is 23.5 Å². The number of nitrogens with zero attached hydrogens (tertiary/aromatic N) is 2. The zero-order chi connectivity index (χ0) is 20.0. The van der Waals surface area contributed by atoms with Gasteiger partial charge in [-0.2, -0.15) is 10.5 Å². The van der Waals surface area contributed by atoms with E-state index in [2.05, 4.69) is 0 Å². The van der Waals surface area contributed by atoms with Crippen LogP contribution in [0.3, 0.4) is 0 Å². The van der Waals surface area contributed by atoms with Gasteiger partial charge in [-0.25, -0.2) is 0 Å². The van der Waals surface area contributed by atoms with E-state index in [0.717, 1.165) is 16.9 Å². The summed E-state index contributed by atoms with van der Waals surface area (Å²) in [6, 6.07) is 11.5. The molecule has 1 aromatic rings. The molecule has 1 aliphatic rings. The lowest BCUT2D eigenvalue weighted by Gasteiger charge is -2.31. The summed E-state index contributed by atoms with van der Waals surface area (Å²) in [5.74, 6) is 0.759. The minimum absolute atomic E-state index is 0.0854. The second-order valence-corrected chi connectivity index (χ2v) is 7.34. The molecule has 4 nitrogen and oxygen atoms in total. The second-order valence-electron chi connectivity index (χ2n) is 7.34. The van der Waals surface area contributed by atoms with Gasteiger partial charge in [-0.15, -0.1) is 0 Å². The fourth-order valence-corrected chi connectivity index (χ4v) is 3.09. The van der Waals surface area contributed by atoms with Crippen LogP contribution in [0, 0.1) is 22.7 Å². The van der Waals surface area contributed by atoms with Gasteiger partial charge in [0.25, 0.3) is 0 Å². The standard InChI is InChI=1S/C23H26N2O2/c1-16(2)26-21-8-6-18(7-9-21)22(20(14-24)15-25)19-10-12-23(5,13-11-19)27-17(3)4/h6-12,16-17H,13H2,1-5H3. The van der Waals surface area contributed by atoms with E-state index in [1.54, 1.807) is 0 Å². The number of allylic oxidation sites excluding steroid dienone is 4. The summed E-state index contributed by atoms with van der Waals surface area (Å²) < 4.78 is 11.7. The molecule has 0 radical (unpaired) electrons. The van der Waals surface area contributed by atoms with Crippen molar-refractivity contribution in [1.82, 2.24) is 0 Å². The Morgan fingerprint density at radius 3 is 2.11 bits per heavy atom. The van der Waals surface area contributed by atoms with E-state index in [4.69, 9.17) is 9.47 Å². The molecular weight excluding hydrogens is 336 g/mol. The summed E-state index contributed by atoms with van der Waals surface area (Å²) in [5, 5.41) is 18.9. The Labute approximate surface area is 162 Å². The molecule has 0 heterocycles. The minimum atomic E-state index is -0.378. The third-order valence-electron chi connectivity index (χ3n) is 4.12. The summed E-state index contributed by atoms with van der Waals surface area (Å²) in [4.78, 5) is 0. The molecule has 0 spiro atoms. The van der Waals surface area contributed by atoms with Crippen molar-refractivity contribution in [3.63, 3.8) is 0 Å². The van der Waals surface area contributed by atoms with Gasteiger partial charge in [-0.1, -0.05) is 30.4 Å². The van der Waals surface area contributed by atoms with Crippen LogP contribution in [-0.4, -0.2) is 17.8 Å². The summed E-state index contributed by atoms with van der Waals surface area (Å²) in [7, 11) is 0. The zero-order valence-corrected chi connectivity index (χ0v) is 16.6. The number of rotatable bonds is 6. The summed E-state index contributed by atoms with van der Waals surface area (Å²) >= 11 is 0. The molecule has 1 aliphatic carbocycles. The van der Waals surface area contributed by atoms with E-state index in [9.17, 15) is 10.5 Å². The van der Waals surface area contributed by atoms with Gasteiger partial charge < -0.3 is 9.47 Å². The number of hydrogen-bond acceptors (Lipinski definition) is 4. The third-order valence-corrected chi connectivity index (χ3v) is 4.12. The van der Waals surface area contributed by atoms with Crippen molar-refractivity contribution in [2.75, 3.05) is 0 Å². The lowest BCUT2D eigenvalue weighted by Crippen LogP contribution is -2.30. The van der Waals surface area contributed by atoms with Crippen LogP contribution >= 0.6 is 0 Å². The topological polar surface area (TPSA) is 66.0 Å². The molecule has 2 rings (SSSR count). The van der Waals surface area contributed by atoms with Crippen LogP contribution in [0.1, 0.15) is 46.6 Å². The molecule has 1 atom stereocenters. The molecule has 0 aromatic heterocycles. The van der Waals surface area contributed by atoms with Crippen LogP contribution < -0.4 is 4.74 Å². The van der Waals surface area contributed by atoms with Crippen molar-refractivity contribution in [3.05, 3.63) is 59.2 Å². The average molecular weight is 362 g/mol. The van der Waals surface area contributed by atoms with Crippen molar-refractivity contribution in [3.8, 4) is 17.9 Å². The van der Waals surface area contributed by atoms with Gasteiger partial charge in [0.15, 0.2) is 0 Å². The predicted octanol–water partition coefficient (Wildman–Crippen LogP) is 5.34. The molecule has 4 heteroatoms. The first kappa shape index (κ1) is 20.5. The predicted molar refractivity (Wildman–Crippen MR) is 107 cm³/mol. The van der Waals surface area contributed by atoms with E-state index >= 15 is 0 Å².